The molecule has 144 valence electrons. The van der Waals surface area contributed by atoms with E-state index in [4.69, 9.17) is 16.3 Å². The van der Waals surface area contributed by atoms with Gasteiger partial charge in [-0.2, -0.15) is 0 Å². The Kier molecular flexibility index (Phi) is 5.57. The molecule has 28 heavy (non-hydrogen) atoms. The van der Waals surface area contributed by atoms with Crippen LogP contribution in [0.25, 0.3) is 11.3 Å². The number of benzene rings is 1. The van der Waals surface area contributed by atoms with E-state index in [0.29, 0.717) is 6.29 Å². The van der Waals surface area contributed by atoms with Crippen LogP contribution in [0.3, 0.4) is 0 Å². The number of ether oxygens (including phenoxy) is 1. The largest absolute Gasteiger partial charge is 0.480 e. The van der Waals surface area contributed by atoms with Crippen LogP contribution in [0.5, 0.6) is 5.88 Å². The number of carbonyl (C=O) groups excluding carboxylic acids is 1. The van der Waals surface area contributed by atoms with Gasteiger partial charge in [-0.3, -0.25) is 14.5 Å². The quantitative estimate of drug-likeness (QED) is 0.611. The van der Waals surface area contributed by atoms with E-state index in [1.807, 2.05) is 0 Å². The first-order valence-corrected chi connectivity index (χ1v) is 9.63. The molecule has 0 saturated carbocycles. The topological polar surface area (TPSA) is 98.2 Å². The zero-order chi connectivity index (χ0) is 20.3. The fraction of sp³-hybridized carbons (Fsp3) is 0.0556. The smallest absolute Gasteiger partial charge is 0.267 e. The molecular formula is C18H13ClFN3O4S. The summed E-state index contributed by atoms with van der Waals surface area (Å²) in [5, 5.41) is 0.119. The van der Waals surface area contributed by atoms with Crippen molar-refractivity contribution >= 4 is 33.6 Å². The van der Waals surface area contributed by atoms with Crippen LogP contribution in [0, 0.1) is 5.82 Å². The van der Waals surface area contributed by atoms with Crippen LogP contribution < -0.4 is 9.46 Å². The Labute approximate surface area is 165 Å². The number of carbonyl (C=O) groups is 1. The minimum atomic E-state index is -4.09. The normalized spacial score (nSPS) is 11.1. The summed E-state index contributed by atoms with van der Waals surface area (Å²) < 4.78 is 47.0. The standard InChI is InChI=1S/C18H13ClFN3O4S/c1-27-18-17(7-12(19)9-22-18)28(25,26)23-13-4-5-21-16(8-13)14-3-2-11(10-24)6-15(14)20/h2-10H,1H3,(H,21,23). The third kappa shape index (κ3) is 4.10. The van der Waals surface area contributed by atoms with Gasteiger partial charge in [0, 0.05) is 23.5 Å². The van der Waals surface area contributed by atoms with Crippen LogP contribution >= 0.6 is 11.6 Å². The Morgan fingerprint density at radius 1 is 1.18 bits per heavy atom. The molecule has 0 aliphatic heterocycles. The molecule has 0 spiro atoms. The lowest BCUT2D eigenvalue weighted by Gasteiger charge is -2.12. The highest BCUT2D eigenvalue weighted by molar-refractivity contribution is 7.92. The van der Waals surface area contributed by atoms with Gasteiger partial charge < -0.3 is 4.74 Å². The predicted molar refractivity (Wildman–Crippen MR) is 102 cm³/mol. The van der Waals surface area contributed by atoms with Crippen LogP contribution in [0.15, 0.2) is 53.7 Å². The number of pyridine rings is 2. The number of aromatic nitrogens is 2. The number of hydrogen-bond acceptors (Lipinski definition) is 6. The average molecular weight is 422 g/mol. The van der Waals surface area contributed by atoms with Crippen molar-refractivity contribution in [3.05, 3.63) is 65.2 Å². The maximum absolute atomic E-state index is 14.2. The minimum Gasteiger partial charge on any atom is -0.480 e. The highest BCUT2D eigenvalue weighted by Gasteiger charge is 2.22. The second-order valence-corrected chi connectivity index (χ2v) is 7.64. The predicted octanol–water partition coefficient (Wildman–Crippen LogP) is 3.56. The van der Waals surface area contributed by atoms with Crippen LogP contribution in [0.1, 0.15) is 10.4 Å². The van der Waals surface area contributed by atoms with E-state index >= 15 is 0 Å². The number of hydrogen-bond donors (Lipinski definition) is 1. The number of nitrogens with zero attached hydrogens (tertiary/aromatic N) is 2. The van der Waals surface area contributed by atoms with E-state index in [9.17, 15) is 17.6 Å². The third-order valence-corrected chi connectivity index (χ3v) is 5.27. The van der Waals surface area contributed by atoms with Crippen molar-refractivity contribution in [2.75, 3.05) is 11.8 Å². The molecule has 0 saturated heterocycles. The Morgan fingerprint density at radius 3 is 2.64 bits per heavy atom. The van der Waals surface area contributed by atoms with E-state index in [1.165, 1.54) is 49.8 Å². The van der Waals surface area contributed by atoms with Crippen LogP contribution in [0.2, 0.25) is 5.02 Å². The van der Waals surface area contributed by atoms with Crippen molar-refractivity contribution in [1.82, 2.24) is 9.97 Å². The molecule has 0 aliphatic carbocycles. The molecule has 10 heteroatoms. The monoisotopic (exact) mass is 421 g/mol. The summed E-state index contributed by atoms with van der Waals surface area (Å²) >= 11 is 5.84. The Hall–Kier alpha value is -3.04. The maximum Gasteiger partial charge on any atom is 0.267 e. The van der Waals surface area contributed by atoms with E-state index in [0.717, 1.165) is 6.07 Å². The van der Waals surface area contributed by atoms with Gasteiger partial charge in [0.25, 0.3) is 10.0 Å². The maximum atomic E-state index is 14.2. The van der Waals surface area contributed by atoms with Gasteiger partial charge in [0.05, 0.1) is 23.5 Å². The van der Waals surface area contributed by atoms with Crippen molar-refractivity contribution < 1.29 is 22.3 Å². The van der Waals surface area contributed by atoms with E-state index in [2.05, 4.69) is 14.7 Å². The summed E-state index contributed by atoms with van der Waals surface area (Å²) in [7, 11) is -2.80. The zero-order valence-corrected chi connectivity index (χ0v) is 16.0. The fourth-order valence-electron chi connectivity index (χ4n) is 2.42. The fourth-order valence-corrected chi connectivity index (χ4v) is 3.84. The number of sulfonamides is 1. The summed E-state index contributed by atoms with van der Waals surface area (Å²) in [5.74, 6) is -0.778. The van der Waals surface area contributed by atoms with Crippen LogP contribution in [-0.2, 0) is 10.0 Å². The summed E-state index contributed by atoms with van der Waals surface area (Å²) in [4.78, 5) is 18.4. The van der Waals surface area contributed by atoms with Crippen molar-refractivity contribution in [2.45, 2.75) is 4.90 Å². The summed E-state index contributed by atoms with van der Waals surface area (Å²) in [6, 6.07) is 7.87. The number of halogens is 2. The summed E-state index contributed by atoms with van der Waals surface area (Å²) in [5.41, 5.74) is 0.629. The molecule has 3 rings (SSSR count). The molecule has 0 bridgehead atoms. The number of nitrogens with one attached hydrogen (secondary N) is 1. The molecule has 7 nitrogen and oxygen atoms in total. The van der Waals surface area contributed by atoms with Gasteiger partial charge >= 0.3 is 0 Å². The third-order valence-electron chi connectivity index (χ3n) is 3.69. The lowest BCUT2D eigenvalue weighted by molar-refractivity contribution is 0.112. The second kappa shape index (κ2) is 7.91. The van der Waals surface area contributed by atoms with E-state index in [1.54, 1.807) is 0 Å². The molecule has 1 aromatic carbocycles. The molecule has 0 radical (unpaired) electrons. The molecular weight excluding hydrogens is 409 g/mol. The first-order chi connectivity index (χ1) is 13.3. The van der Waals surface area contributed by atoms with Gasteiger partial charge in [0.1, 0.15) is 12.1 Å². The molecule has 2 heterocycles. The average Bonchev–Trinajstić information content (AvgIpc) is 2.67. The number of rotatable bonds is 6. The highest BCUT2D eigenvalue weighted by atomic mass is 35.5. The molecule has 0 fully saturated rings. The molecule has 0 amide bonds. The summed E-state index contributed by atoms with van der Waals surface area (Å²) in [6.45, 7) is 0. The molecule has 3 aromatic rings. The van der Waals surface area contributed by atoms with Gasteiger partial charge in [-0.1, -0.05) is 17.7 Å². The van der Waals surface area contributed by atoms with Gasteiger partial charge in [-0.15, -0.1) is 0 Å². The number of aldehydes is 1. The zero-order valence-electron chi connectivity index (χ0n) is 14.4. The SMILES string of the molecule is COc1ncc(Cl)cc1S(=O)(=O)Nc1ccnc(-c2ccc(C=O)cc2F)c1. The van der Waals surface area contributed by atoms with Gasteiger partial charge in [-0.25, -0.2) is 17.8 Å². The lowest BCUT2D eigenvalue weighted by atomic mass is 10.1. The molecule has 0 atom stereocenters. The lowest BCUT2D eigenvalue weighted by Crippen LogP contribution is -2.15. The molecule has 0 aliphatic rings. The minimum absolute atomic E-state index is 0.119. The summed E-state index contributed by atoms with van der Waals surface area (Å²) in [6.07, 6.45) is 3.11. The Balaban J connectivity index is 1.97. The highest BCUT2D eigenvalue weighted by Crippen LogP contribution is 2.28. The van der Waals surface area contributed by atoms with Gasteiger partial charge in [0.2, 0.25) is 5.88 Å². The van der Waals surface area contributed by atoms with Gasteiger partial charge in [0.15, 0.2) is 4.90 Å². The molecule has 2 aromatic heterocycles. The van der Waals surface area contributed by atoms with Crippen LogP contribution in [-0.4, -0.2) is 31.8 Å². The van der Waals surface area contributed by atoms with Crippen molar-refractivity contribution in [3.8, 4) is 17.1 Å². The second-order valence-electron chi connectivity index (χ2n) is 5.55. The van der Waals surface area contributed by atoms with Gasteiger partial charge in [-0.05, 0) is 30.3 Å². The number of anilines is 1. The molecule has 0 unspecified atom stereocenters. The first-order valence-electron chi connectivity index (χ1n) is 7.77. The molecule has 1 N–H and O–H groups in total. The van der Waals surface area contributed by atoms with Crippen molar-refractivity contribution in [1.29, 1.82) is 0 Å². The van der Waals surface area contributed by atoms with Crippen molar-refractivity contribution in [2.24, 2.45) is 0 Å². The number of methoxy groups -OCH3 is 1. The van der Waals surface area contributed by atoms with E-state index < -0.39 is 15.8 Å². The van der Waals surface area contributed by atoms with E-state index in [-0.39, 0.29) is 38.3 Å². The Bertz CT molecular complexity index is 1160. The van der Waals surface area contributed by atoms with Crippen molar-refractivity contribution in [3.63, 3.8) is 0 Å². The Morgan fingerprint density at radius 2 is 1.96 bits per heavy atom. The first kappa shape index (κ1) is 19.7. The van der Waals surface area contributed by atoms with Crippen LogP contribution in [0.4, 0.5) is 10.1 Å².